The number of aliphatic hydroxyl groups excluding tert-OH is 2. The molecule has 0 aliphatic heterocycles. The minimum Gasteiger partial charge on any atom is -0.493 e. The van der Waals surface area contributed by atoms with E-state index < -0.39 is 18.8 Å². The molecule has 176 valence electrons. The third-order valence-corrected chi connectivity index (χ3v) is 5.18. The minimum absolute atomic E-state index is 0.324. The predicted octanol–water partition coefficient (Wildman–Crippen LogP) is 4.07. The lowest BCUT2D eigenvalue weighted by Gasteiger charge is -2.25. The number of methoxy groups -OCH3 is 3. The maximum Gasteiger partial charge on any atom is 0.203 e. The van der Waals surface area contributed by atoms with Crippen molar-refractivity contribution in [2.24, 2.45) is 0 Å². The molecule has 3 aromatic rings. The van der Waals surface area contributed by atoms with Gasteiger partial charge in [0, 0.05) is 0 Å². The molecule has 3 aromatic carbocycles. The van der Waals surface area contributed by atoms with Gasteiger partial charge >= 0.3 is 0 Å². The summed E-state index contributed by atoms with van der Waals surface area (Å²) in [5, 5.41) is 21.0. The number of rotatable bonds is 11. The van der Waals surface area contributed by atoms with E-state index >= 15 is 0 Å². The fourth-order valence-electron chi connectivity index (χ4n) is 3.39. The third kappa shape index (κ3) is 5.88. The molecule has 0 radical (unpaired) electrons. The molecule has 0 aromatic heterocycles. The molecule has 0 bridgehead atoms. The van der Waals surface area contributed by atoms with Gasteiger partial charge in [0.1, 0.15) is 12.7 Å². The van der Waals surface area contributed by atoms with E-state index in [-0.39, 0.29) is 0 Å². The summed E-state index contributed by atoms with van der Waals surface area (Å²) in [6.45, 7) is 1.84. The zero-order valence-electron chi connectivity index (χ0n) is 19.3. The zero-order valence-corrected chi connectivity index (χ0v) is 19.3. The molecule has 3 rings (SSSR count). The molecular formula is C26H30O7. The number of hydrogen-bond donors (Lipinski definition) is 2. The molecular weight excluding hydrogens is 424 g/mol. The second kappa shape index (κ2) is 11.4. The first kappa shape index (κ1) is 24.2. The molecule has 2 N–H and O–H groups in total. The Labute approximate surface area is 194 Å². The van der Waals surface area contributed by atoms with Crippen molar-refractivity contribution in [3.63, 3.8) is 0 Å². The van der Waals surface area contributed by atoms with Crippen LogP contribution < -0.4 is 23.7 Å². The van der Waals surface area contributed by atoms with Crippen LogP contribution in [0.15, 0.2) is 60.7 Å². The number of aryl methyl sites for hydroxylation is 1. The average Bonchev–Trinajstić information content (AvgIpc) is 2.86. The Hall–Kier alpha value is -3.42. The molecule has 0 saturated carbocycles. The van der Waals surface area contributed by atoms with Crippen LogP contribution >= 0.6 is 0 Å². The molecule has 0 aliphatic rings. The Bertz CT molecular complexity index is 1010. The SMILES string of the molecule is COc1cc(C)ccc1O[C@@H](CO)[C@H](O)c1cc(OC)c(OCc2ccccc2)c(OC)c1. The van der Waals surface area contributed by atoms with Crippen molar-refractivity contribution in [2.45, 2.75) is 25.7 Å². The van der Waals surface area contributed by atoms with Crippen molar-refractivity contribution < 1.29 is 33.9 Å². The lowest BCUT2D eigenvalue weighted by Crippen LogP contribution is -2.29. The van der Waals surface area contributed by atoms with Crippen LogP contribution in [0.5, 0.6) is 28.7 Å². The minimum atomic E-state index is -1.17. The van der Waals surface area contributed by atoms with E-state index in [2.05, 4.69) is 0 Å². The number of aliphatic hydroxyl groups is 2. The molecule has 0 unspecified atom stereocenters. The normalized spacial score (nSPS) is 12.5. The Balaban J connectivity index is 1.86. The summed E-state index contributed by atoms with van der Waals surface area (Å²) >= 11 is 0. The Morgan fingerprint density at radius 2 is 1.42 bits per heavy atom. The lowest BCUT2D eigenvalue weighted by molar-refractivity contribution is -0.000632. The first-order chi connectivity index (χ1) is 16.0. The van der Waals surface area contributed by atoms with Gasteiger partial charge in [0.2, 0.25) is 5.75 Å². The van der Waals surface area contributed by atoms with E-state index in [1.54, 1.807) is 18.2 Å². The van der Waals surface area contributed by atoms with E-state index in [1.807, 2.05) is 49.4 Å². The second-order valence-corrected chi connectivity index (χ2v) is 7.47. The highest BCUT2D eigenvalue weighted by atomic mass is 16.5. The Morgan fingerprint density at radius 3 is 2.00 bits per heavy atom. The van der Waals surface area contributed by atoms with Crippen LogP contribution in [0.4, 0.5) is 0 Å². The predicted molar refractivity (Wildman–Crippen MR) is 125 cm³/mol. The maximum atomic E-state index is 11.0. The molecule has 0 heterocycles. The van der Waals surface area contributed by atoms with Gasteiger partial charge in [0.25, 0.3) is 0 Å². The van der Waals surface area contributed by atoms with Crippen LogP contribution in [0.3, 0.4) is 0 Å². The van der Waals surface area contributed by atoms with Crippen molar-refractivity contribution in [1.82, 2.24) is 0 Å². The van der Waals surface area contributed by atoms with Crippen LogP contribution in [0, 0.1) is 6.92 Å². The van der Waals surface area contributed by atoms with Crippen molar-refractivity contribution in [3.8, 4) is 28.7 Å². The Morgan fingerprint density at radius 1 is 0.788 bits per heavy atom. The third-order valence-electron chi connectivity index (χ3n) is 5.18. The molecule has 0 aliphatic carbocycles. The van der Waals surface area contributed by atoms with E-state index in [0.717, 1.165) is 11.1 Å². The van der Waals surface area contributed by atoms with Crippen LogP contribution in [0.25, 0.3) is 0 Å². The number of benzene rings is 3. The second-order valence-electron chi connectivity index (χ2n) is 7.47. The van der Waals surface area contributed by atoms with Crippen LogP contribution in [0.2, 0.25) is 0 Å². The van der Waals surface area contributed by atoms with Gasteiger partial charge in [-0.05, 0) is 47.9 Å². The van der Waals surface area contributed by atoms with Crippen molar-refractivity contribution in [3.05, 3.63) is 77.4 Å². The van der Waals surface area contributed by atoms with Gasteiger partial charge in [-0.3, -0.25) is 0 Å². The molecule has 33 heavy (non-hydrogen) atoms. The van der Waals surface area contributed by atoms with Crippen LogP contribution in [0.1, 0.15) is 22.8 Å². The lowest BCUT2D eigenvalue weighted by atomic mass is 10.0. The van der Waals surface area contributed by atoms with Crippen molar-refractivity contribution in [2.75, 3.05) is 27.9 Å². The van der Waals surface area contributed by atoms with Gasteiger partial charge in [-0.1, -0.05) is 36.4 Å². The van der Waals surface area contributed by atoms with Gasteiger partial charge < -0.3 is 33.9 Å². The summed E-state index contributed by atoms with van der Waals surface area (Å²) in [6.07, 6.45) is -2.13. The monoisotopic (exact) mass is 454 g/mol. The van der Waals surface area contributed by atoms with Crippen LogP contribution in [-0.4, -0.2) is 44.3 Å². The van der Waals surface area contributed by atoms with Gasteiger partial charge in [-0.2, -0.15) is 0 Å². The molecule has 7 heteroatoms. The quantitative estimate of drug-likeness (QED) is 0.452. The highest BCUT2D eigenvalue weighted by molar-refractivity contribution is 5.54. The van der Waals surface area contributed by atoms with Crippen LogP contribution in [-0.2, 0) is 6.61 Å². The maximum absolute atomic E-state index is 11.0. The summed E-state index contributed by atoms with van der Waals surface area (Å²) in [4.78, 5) is 0. The summed E-state index contributed by atoms with van der Waals surface area (Å²) < 4.78 is 28.2. The fourth-order valence-corrected chi connectivity index (χ4v) is 3.39. The van der Waals surface area contributed by atoms with Crippen molar-refractivity contribution >= 4 is 0 Å². The molecule has 7 nitrogen and oxygen atoms in total. The highest BCUT2D eigenvalue weighted by Gasteiger charge is 2.26. The number of ether oxygens (including phenoxy) is 5. The average molecular weight is 455 g/mol. The summed E-state index contributed by atoms with van der Waals surface area (Å²) in [5.41, 5.74) is 2.44. The molecule has 0 fully saturated rings. The summed E-state index contributed by atoms with van der Waals surface area (Å²) in [5.74, 6) is 2.14. The fraction of sp³-hybridized carbons (Fsp3) is 0.308. The molecule has 0 spiro atoms. The van der Waals surface area contributed by atoms with Gasteiger partial charge in [-0.25, -0.2) is 0 Å². The molecule has 2 atom stereocenters. The van der Waals surface area contributed by atoms with Gasteiger partial charge in [0.15, 0.2) is 29.1 Å². The number of hydrogen-bond acceptors (Lipinski definition) is 7. The standard InChI is InChI=1S/C26H30O7/c1-17-10-11-20(21(12-17)29-2)33-24(15-27)25(28)19-13-22(30-3)26(23(14-19)31-4)32-16-18-8-6-5-7-9-18/h5-14,24-25,27-28H,15-16H2,1-4H3/t24-,25+/m0/s1. The van der Waals surface area contributed by atoms with E-state index in [0.29, 0.717) is 40.9 Å². The summed E-state index contributed by atoms with van der Waals surface area (Å²) in [6, 6.07) is 18.4. The molecule has 0 amide bonds. The van der Waals surface area contributed by atoms with Gasteiger partial charge in [0.05, 0.1) is 27.9 Å². The van der Waals surface area contributed by atoms with E-state index in [1.165, 1.54) is 21.3 Å². The summed E-state index contributed by atoms with van der Waals surface area (Å²) in [7, 11) is 4.56. The topological polar surface area (TPSA) is 86.6 Å². The zero-order chi connectivity index (χ0) is 23.8. The van der Waals surface area contributed by atoms with Gasteiger partial charge in [-0.15, -0.1) is 0 Å². The first-order valence-electron chi connectivity index (χ1n) is 10.5. The smallest absolute Gasteiger partial charge is 0.203 e. The molecule has 0 saturated heterocycles. The van der Waals surface area contributed by atoms with E-state index in [9.17, 15) is 10.2 Å². The largest absolute Gasteiger partial charge is 0.493 e. The van der Waals surface area contributed by atoms with Crippen molar-refractivity contribution in [1.29, 1.82) is 0 Å². The van der Waals surface area contributed by atoms with E-state index in [4.69, 9.17) is 23.7 Å². The first-order valence-corrected chi connectivity index (χ1v) is 10.5. The highest BCUT2D eigenvalue weighted by Crippen LogP contribution is 2.41. The Kier molecular flexibility index (Phi) is 8.40.